The molecule has 0 saturated heterocycles. The van der Waals surface area contributed by atoms with Gasteiger partial charge in [-0.05, 0) is 0 Å². The second kappa shape index (κ2) is 3.76. The lowest BCUT2D eigenvalue weighted by molar-refractivity contribution is 0.104. The van der Waals surface area contributed by atoms with Crippen molar-refractivity contribution in [2.24, 2.45) is 0 Å². The molecule has 5 nitrogen and oxygen atoms in total. The first-order chi connectivity index (χ1) is 7.37. The second-order valence-electron chi connectivity index (χ2n) is 3.41. The standard InChI is InChI=1S/C9H10O5S2/c1-5-8-9(6(2)15-5)14-7(3-13-8)4-16(10,11)12/h7H,1-4H2,(H,10,11,12). The Labute approximate surface area is 96.4 Å². The quantitative estimate of drug-likeness (QED) is 0.734. The number of hydrogen-bond donors (Lipinski definition) is 1. The Morgan fingerprint density at radius 2 is 2.00 bits per heavy atom. The first-order valence-electron chi connectivity index (χ1n) is 4.42. The minimum atomic E-state index is -4.07. The van der Waals surface area contributed by atoms with E-state index in [0.29, 0.717) is 20.6 Å². The van der Waals surface area contributed by atoms with Gasteiger partial charge in [-0.15, -0.1) is 11.3 Å². The van der Waals surface area contributed by atoms with Crippen molar-refractivity contribution in [2.45, 2.75) is 6.10 Å². The second-order valence-corrected chi connectivity index (χ2v) is 6.09. The summed E-state index contributed by atoms with van der Waals surface area (Å²) in [5, 5.41) is 0. The molecule has 1 N–H and O–H groups in total. The van der Waals surface area contributed by atoms with E-state index in [1.807, 2.05) is 0 Å². The fraction of sp³-hybridized carbons (Fsp3) is 0.333. The molecule has 1 atom stereocenters. The summed E-state index contributed by atoms with van der Waals surface area (Å²) in [6.07, 6.45) is -0.711. The maximum absolute atomic E-state index is 10.7. The van der Waals surface area contributed by atoms with Gasteiger partial charge in [0.25, 0.3) is 10.1 Å². The van der Waals surface area contributed by atoms with E-state index in [4.69, 9.17) is 14.0 Å². The SMILES string of the molecule is C=c1sc(=C)c2c1OCC(CS(=O)(=O)O)O2. The molecule has 1 aromatic heterocycles. The molecule has 2 heterocycles. The summed E-state index contributed by atoms with van der Waals surface area (Å²) in [7, 11) is -4.07. The van der Waals surface area contributed by atoms with Crippen molar-refractivity contribution in [3.8, 4) is 11.5 Å². The van der Waals surface area contributed by atoms with Gasteiger partial charge in [0.1, 0.15) is 18.5 Å². The molecule has 2 rings (SSSR count). The summed E-state index contributed by atoms with van der Waals surface area (Å²) in [5.41, 5.74) is 0. The monoisotopic (exact) mass is 262 g/mol. The molecule has 1 aliphatic rings. The lowest BCUT2D eigenvalue weighted by atomic mass is 10.3. The van der Waals surface area contributed by atoms with Crippen LogP contribution in [0.3, 0.4) is 0 Å². The molecule has 0 bridgehead atoms. The predicted molar refractivity (Wildman–Crippen MR) is 60.9 cm³/mol. The van der Waals surface area contributed by atoms with Crippen LogP contribution < -0.4 is 18.5 Å². The fourth-order valence-corrected chi connectivity index (χ4v) is 2.86. The van der Waals surface area contributed by atoms with E-state index in [0.717, 1.165) is 0 Å². The fourth-order valence-electron chi connectivity index (χ4n) is 1.45. The molecule has 88 valence electrons. The van der Waals surface area contributed by atoms with Crippen molar-refractivity contribution in [1.29, 1.82) is 0 Å². The van der Waals surface area contributed by atoms with Gasteiger partial charge in [-0.3, -0.25) is 4.55 Å². The van der Waals surface area contributed by atoms with Gasteiger partial charge in [0, 0.05) is 0 Å². The van der Waals surface area contributed by atoms with Crippen molar-refractivity contribution < 1.29 is 22.4 Å². The number of ether oxygens (including phenoxy) is 2. The van der Waals surface area contributed by atoms with Crippen LogP contribution in [0.2, 0.25) is 0 Å². The van der Waals surface area contributed by atoms with E-state index >= 15 is 0 Å². The van der Waals surface area contributed by atoms with E-state index in [2.05, 4.69) is 13.2 Å². The summed E-state index contributed by atoms with van der Waals surface area (Å²) in [6, 6.07) is 0. The lowest BCUT2D eigenvalue weighted by Gasteiger charge is -2.23. The molecule has 7 heteroatoms. The minimum Gasteiger partial charge on any atom is -0.484 e. The number of fused-ring (bicyclic) bond motifs is 1. The number of hydrogen-bond acceptors (Lipinski definition) is 5. The van der Waals surface area contributed by atoms with E-state index in [1.54, 1.807) is 0 Å². The number of thiophene rings is 1. The van der Waals surface area contributed by atoms with E-state index in [1.165, 1.54) is 11.3 Å². The van der Waals surface area contributed by atoms with Gasteiger partial charge < -0.3 is 9.47 Å². The molecule has 0 fully saturated rings. The first-order valence-corrected chi connectivity index (χ1v) is 6.84. The number of rotatable bonds is 2. The largest absolute Gasteiger partial charge is 0.484 e. The third kappa shape index (κ3) is 2.21. The van der Waals surface area contributed by atoms with Crippen molar-refractivity contribution in [1.82, 2.24) is 0 Å². The Morgan fingerprint density at radius 3 is 2.62 bits per heavy atom. The summed E-state index contributed by atoms with van der Waals surface area (Å²) in [4.78, 5) is 0. The van der Waals surface area contributed by atoms with Crippen LogP contribution in [0, 0.1) is 0 Å². The topological polar surface area (TPSA) is 72.8 Å². The first kappa shape index (κ1) is 11.4. The van der Waals surface area contributed by atoms with Crippen LogP contribution in [-0.2, 0) is 10.1 Å². The molecule has 0 saturated carbocycles. The van der Waals surface area contributed by atoms with Gasteiger partial charge in [-0.2, -0.15) is 8.42 Å². The van der Waals surface area contributed by atoms with E-state index < -0.39 is 22.0 Å². The van der Waals surface area contributed by atoms with Crippen LogP contribution in [0.1, 0.15) is 0 Å². The molecule has 1 aliphatic heterocycles. The molecular formula is C9H10O5S2. The highest BCUT2D eigenvalue weighted by molar-refractivity contribution is 7.85. The van der Waals surface area contributed by atoms with Crippen LogP contribution >= 0.6 is 11.3 Å². The van der Waals surface area contributed by atoms with Crippen LogP contribution in [0.25, 0.3) is 13.2 Å². The van der Waals surface area contributed by atoms with Crippen LogP contribution in [0.15, 0.2) is 0 Å². The highest BCUT2D eigenvalue weighted by Gasteiger charge is 2.27. The summed E-state index contributed by atoms with van der Waals surface area (Å²) < 4.78 is 42.2. The Kier molecular flexibility index (Phi) is 2.69. The average Bonchev–Trinajstić information content (AvgIpc) is 2.40. The molecule has 0 amide bonds. The molecule has 16 heavy (non-hydrogen) atoms. The molecular weight excluding hydrogens is 252 g/mol. The van der Waals surface area contributed by atoms with Crippen LogP contribution in [-0.4, -0.2) is 31.4 Å². The summed E-state index contributed by atoms with van der Waals surface area (Å²) in [6.45, 7) is 7.58. The van der Waals surface area contributed by atoms with E-state index in [-0.39, 0.29) is 6.61 Å². The summed E-state index contributed by atoms with van der Waals surface area (Å²) >= 11 is 1.32. The van der Waals surface area contributed by atoms with Crippen LogP contribution in [0.4, 0.5) is 0 Å². The zero-order valence-electron chi connectivity index (χ0n) is 8.30. The Balaban J connectivity index is 2.28. The van der Waals surface area contributed by atoms with E-state index in [9.17, 15) is 8.42 Å². The van der Waals surface area contributed by atoms with Crippen molar-refractivity contribution in [2.75, 3.05) is 12.4 Å². The molecule has 1 unspecified atom stereocenters. The average molecular weight is 262 g/mol. The summed E-state index contributed by atoms with van der Waals surface area (Å²) in [5.74, 6) is 0.449. The zero-order valence-corrected chi connectivity index (χ0v) is 9.94. The Bertz CT molecular complexity index is 601. The van der Waals surface area contributed by atoms with Gasteiger partial charge in [0.05, 0.1) is 9.06 Å². The normalized spacial score (nSPS) is 19.7. The van der Waals surface area contributed by atoms with Gasteiger partial charge in [-0.25, -0.2) is 0 Å². The third-order valence-electron chi connectivity index (χ3n) is 2.05. The van der Waals surface area contributed by atoms with Gasteiger partial charge in [-0.1, -0.05) is 13.2 Å². The third-order valence-corrected chi connectivity index (χ3v) is 3.71. The smallest absolute Gasteiger partial charge is 0.268 e. The predicted octanol–water partition coefficient (Wildman–Crippen LogP) is -0.404. The maximum atomic E-state index is 10.7. The molecule has 1 aromatic rings. The lowest BCUT2D eigenvalue weighted by Crippen LogP contribution is -2.36. The Hall–Kier alpha value is -1.05. The van der Waals surface area contributed by atoms with Gasteiger partial charge >= 0.3 is 0 Å². The van der Waals surface area contributed by atoms with Gasteiger partial charge in [0.15, 0.2) is 11.5 Å². The van der Waals surface area contributed by atoms with Crippen molar-refractivity contribution >= 4 is 34.6 Å². The highest BCUT2D eigenvalue weighted by atomic mass is 32.2. The molecule has 0 aliphatic carbocycles. The van der Waals surface area contributed by atoms with Crippen molar-refractivity contribution in [3.63, 3.8) is 0 Å². The zero-order chi connectivity index (χ0) is 11.9. The van der Waals surface area contributed by atoms with Crippen LogP contribution in [0.5, 0.6) is 11.5 Å². The molecule has 0 spiro atoms. The highest BCUT2D eigenvalue weighted by Crippen LogP contribution is 2.26. The minimum absolute atomic E-state index is 0.0749. The molecule has 0 radical (unpaired) electrons. The van der Waals surface area contributed by atoms with Crippen molar-refractivity contribution in [3.05, 3.63) is 9.06 Å². The Morgan fingerprint density at radius 1 is 1.38 bits per heavy atom. The maximum Gasteiger partial charge on any atom is 0.268 e. The molecule has 0 aromatic carbocycles. The van der Waals surface area contributed by atoms with Gasteiger partial charge in [0.2, 0.25) is 0 Å².